The Labute approximate surface area is 124 Å². The molecular weight excluding hydrogens is 256 g/mol. The molecule has 0 aliphatic carbocycles. The van der Waals surface area contributed by atoms with Gasteiger partial charge in [0.1, 0.15) is 0 Å². The summed E-state index contributed by atoms with van der Waals surface area (Å²) in [6, 6.07) is 0. The third kappa shape index (κ3) is 11.6. The summed E-state index contributed by atoms with van der Waals surface area (Å²) >= 11 is 0. The van der Waals surface area contributed by atoms with E-state index in [4.69, 9.17) is 4.74 Å². The summed E-state index contributed by atoms with van der Waals surface area (Å²) < 4.78 is 5.60. The predicted octanol–water partition coefficient (Wildman–Crippen LogP) is 0.701. The van der Waals surface area contributed by atoms with Gasteiger partial charge in [0.15, 0.2) is 0 Å². The quantitative estimate of drug-likeness (QED) is 0.523. The van der Waals surface area contributed by atoms with Gasteiger partial charge >= 0.3 is 0 Å². The predicted molar refractivity (Wildman–Crippen MR) is 82.9 cm³/mol. The van der Waals surface area contributed by atoms with Gasteiger partial charge in [-0.15, -0.1) is 0 Å². The molecule has 0 heterocycles. The minimum atomic E-state index is -0.797. The van der Waals surface area contributed by atoms with E-state index in [1.54, 1.807) is 6.92 Å². The monoisotopic (exact) mass is 290 g/mol. The van der Waals surface area contributed by atoms with Crippen LogP contribution in [0, 0.1) is 5.92 Å². The van der Waals surface area contributed by atoms with Crippen molar-refractivity contribution >= 4 is 0 Å². The second-order valence-corrected chi connectivity index (χ2v) is 6.79. The molecule has 0 aromatic heterocycles. The van der Waals surface area contributed by atoms with Crippen LogP contribution in [-0.2, 0) is 4.74 Å². The molecule has 0 aliphatic heterocycles. The Hall–Kier alpha value is -0.200. The number of ether oxygens (including phenoxy) is 1. The van der Waals surface area contributed by atoms with Crippen LogP contribution in [0.5, 0.6) is 0 Å². The lowest BCUT2D eigenvalue weighted by Gasteiger charge is -2.27. The van der Waals surface area contributed by atoms with Gasteiger partial charge in [-0.05, 0) is 40.3 Å². The van der Waals surface area contributed by atoms with Crippen molar-refractivity contribution in [2.75, 3.05) is 40.3 Å². The standard InChI is InChI=1S/C15H34N2O3/c1-12(2)7-13(3)20-9-14(18)8-16-10-15(4,19)11-17(5)6/h12-14,16,18-19H,7-11H2,1-6H3. The number of nitrogens with one attached hydrogen (secondary N) is 1. The Kier molecular flexibility index (Phi) is 9.59. The Morgan fingerprint density at radius 3 is 2.35 bits per heavy atom. The van der Waals surface area contributed by atoms with Crippen molar-refractivity contribution in [1.82, 2.24) is 10.2 Å². The van der Waals surface area contributed by atoms with E-state index in [2.05, 4.69) is 19.2 Å². The van der Waals surface area contributed by atoms with E-state index < -0.39 is 11.7 Å². The first-order valence-electron chi connectivity index (χ1n) is 7.50. The number of hydrogen-bond donors (Lipinski definition) is 3. The maximum Gasteiger partial charge on any atom is 0.0897 e. The van der Waals surface area contributed by atoms with Crippen LogP contribution in [0.25, 0.3) is 0 Å². The average Bonchev–Trinajstić information content (AvgIpc) is 2.23. The highest BCUT2D eigenvalue weighted by Crippen LogP contribution is 2.07. The molecule has 0 saturated heterocycles. The molecule has 0 bridgehead atoms. The molecule has 0 rings (SSSR count). The van der Waals surface area contributed by atoms with E-state index >= 15 is 0 Å². The van der Waals surface area contributed by atoms with Gasteiger partial charge in [0.05, 0.1) is 24.4 Å². The summed E-state index contributed by atoms with van der Waals surface area (Å²) in [7, 11) is 3.85. The van der Waals surface area contributed by atoms with Crippen LogP contribution < -0.4 is 5.32 Å². The van der Waals surface area contributed by atoms with Gasteiger partial charge in [0, 0.05) is 19.6 Å². The maximum absolute atomic E-state index is 10.1. The largest absolute Gasteiger partial charge is 0.389 e. The average molecular weight is 290 g/mol. The van der Waals surface area contributed by atoms with Crippen molar-refractivity contribution in [1.29, 1.82) is 0 Å². The lowest BCUT2D eigenvalue weighted by molar-refractivity contribution is -0.0128. The van der Waals surface area contributed by atoms with Gasteiger partial charge in [-0.25, -0.2) is 0 Å². The van der Waals surface area contributed by atoms with Crippen molar-refractivity contribution in [3.63, 3.8) is 0 Å². The number of likely N-dealkylation sites (N-methyl/N-ethyl adjacent to an activating group) is 1. The van der Waals surface area contributed by atoms with Crippen LogP contribution in [-0.4, -0.2) is 73.3 Å². The van der Waals surface area contributed by atoms with Gasteiger partial charge in [-0.2, -0.15) is 0 Å². The smallest absolute Gasteiger partial charge is 0.0897 e. The molecule has 0 aromatic carbocycles. The highest BCUT2D eigenvalue weighted by atomic mass is 16.5. The fourth-order valence-electron chi connectivity index (χ4n) is 2.31. The molecule has 0 spiro atoms. The molecule has 5 nitrogen and oxygen atoms in total. The summed E-state index contributed by atoms with van der Waals surface area (Å²) in [4.78, 5) is 1.94. The van der Waals surface area contributed by atoms with Crippen molar-refractivity contribution in [2.45, 2.75) is 51.9 Å². The molecular formula is C15H34N2O3. The van der Waals surface area contributed by atoms with Crippen LogP contribution in [0.3, 0.4) is 0 Å². The van der Waals surface area contributed by atoms with Crippen molar-refractivity contribution in [3.8, 4) is 0 Å². The Bertz CT molecular complexity index is 245. The second kappa shape index (κ2) is 9.68. The van der Waals surface area contributed by atoms with Crippen molar-refractivity contribution < 1.29 is 14.9 Å². The number of nitrogens with zero attached hydrogens (tertiary/aromatic N) is 1. The number of aliphatic hydroxyl groups excluding tert-OH is 1. The zero-order chi connectivity index (χ0) is 15.8. The van der Waals surface area contributed by atoms with Crippen LogP contribution >= 0.6 is 0 Å². The Morgan fingerprint density at radius 2 is 1.85 bits per heavy atom. The Morgan fingerprint density at radius 1 is 1.25 bits per heavy atom. The van der Waals surface area contributed by atoms with Gasteiger partial charge < -0.3 is 25.2 Å². The van der Waals surface area contributed by atoms with E-state index in [0.29, 0.717) is 32.2 Å². The molecule has 0 fully saturated rings. The summed E-state index contributed by atoms with van der Waals surface area (Å²) in [5, 5.41) is 23.0. The first kappa shape index (κ1) is 19.8. The van der Waals surface area contributed by atoms with Gasteiger partial charge in [0.25, 0.3) is 0 Å². The molecule has 122 valence electrons. The number of hydrogen-bond acceptors (Lipinski definition) is 5. The van der Waals surface area contributed by atoms with E-state index in [9.17, 15) is 10.2 Å². The van der Waals surface area contributed by atoms with Gasteiger partial charge in [-0.3, -0.25) is 0 Å². The van der Waals surface area contributed by atoms with Crippen LogP contribution in [0.4, 0.5) is 0 Å². The fraction of sp³-hybridized carbons (Fsp3) is 1.00. The molecule has 5 heteroatoms. The lowest BCUT2D eigenvalue weighted by Crippen LogP contribution is -2.47. The summed E-state index contributed by atoms with van der Waals surface area (Å²) in [5.74, 6) is 0.599. The first-order valence-corrected chi connectivity index (χ1v) is 7.50. The van der Waals surface area contributed by atoms with Crippen molar-refractivity contribution in [3.05, 3.63) is 0 Å². The van der Waals surface area contributed by atoms with Gasteiger partial charge in [0.2, 0.25) is 0 Å². The topological polar surface area (TPSA) is 65.0 Å². The van der Waals surface area contributed by atoms with E-state index in [0.717, 1.165) is 6.42 Å². The third-order valence-electron chi connectivity index (χ3n) is 2.92. The van der Waals surface area contributed by atoms with E-state index in [1.165, 1.54) is 0 Å². The third-order valence-corrected chi connectivity index (χ3v) is 2.92. The highest BCUT2D eigenvalue weighted by Gasteiger charge is 2.21. The summed E-state index contributed by atoms with van der Waals surface area (Å²) in [6.45, 7) is 9.92. The molecule has 0 aromatic rings. The molecule has 20 heavy (non-hydrogen) atoms. The van der Waals surface area contributed by atoms with Crippen LogP contribution in [0.2, 0.25) is 0 Å². The molecule has 3 N–H and O–H groups in total. The minimum absolute atomic E-state index is 0.168. The molecule has 0 aliphatic rings. The zero-order valence-electron chi connectivity index (χ0n) is 14.0. The molecule has 0 amide bonds. The fourth-order valence-corrected chi connectivity index (χ4v) is 2.31. The Balaban J connectivity index is 3.75. The highest BCUT2D eigenvalue weighted by molar-refractivity contribution is 4.78. The van der Waals surface area contributed by atoms with Crippen LogP contribution in [0.15, 0.2) is 0 Å². The number of aliphatic hydroxyl groups is 2. The first-order chi connectivity index (χ1) is 9.12. The normalized spacial score (nSPS) is 18.3. The second-order valence-electron chi connectivity index (χ2n) is 6.79. The SMILES string of the molecule is CC(C)CC(C)OCC(O)CNCC(C)(O)CN(C)C. The van der Waals surface area contributed by atoms with Crippen LogP contribution in [0.1, 0.15) is 34.1 Å². The number of rotatable bonds is 11. The maximum atomic E-state index is 10.1. The lowest BCUT2D eigenvalue weighted by atomic mass is 10.1. The van der Waals surface area contributed by atoms with E-state index in [-0.39, 0.29) is 6.10 Å². The molecule has 3 unspecified atom stereocenters. The summed E-state index contributed by atoms with van der Waals surface area (Å²) in [6.07, 6.45) is 0.624. The van der Waals surface area contributed by atoms with Crippen molar-refractivity contribution in [2.24, 2.45) is 5.92 Å². The van der Waals surface area contributed by atoms with Gasteiger partial charge in [-0.1, -0.05) is 13.8 Å². The molecule has 0 saturated carbocycles. The zero-order valence-corrected chi connectivity index (χ0v) is 14.0. The summed E-state index contributed by atoms with van der Waals surface area (Å²) in [5.41, 5.74) is -0.797. The molecule has 3 atom stereocenters. The van der Waals surface area contributed by atoms with E-state index in [1.807, 2.05) is 25.9 Å². The molecule has 0 radical (unpaired) electrons. The minimum Gasteiger partial charge on any atom is -0.389 e.